The van der Waals surface area contributed by atoms with E-state index >= 15 is 0 Å². The van der Waals surface area contributed by atoms with Crippen LogP contribution >= 0.6 is 0 Å². The Bertz CT molecular complexity index is 826. The predicted octanol–water partition coefficient (Wildman–Crippen LogP) is 4.45. The molecule has 5 nitrogen and oxygen atoms in total. The number of nitrogens with zero attached hydrogens (tertiary/aromatic N) is 1. The van der Waals surface area contributed by atoms with Gasteiger partial charge in [0.05, 0.1) is 17.0 Å². The molecular formula is C20H23NO4S. The molecular weight excluding hydrogens is 350 g/mol. The third kappa shape index (κ3) is 3.46. The molecule has 1 amide bonds. The standard InChI is InChI=1S/C20H23NO4S/c1-5-24-15-12-10-14(11-13-15)18-16-8-6-7-9-17(16)26(23)21(19(22)25-18)20(2,3)4/h6-13,18H,5H2,1-4H3. The van der Waals surface area contributed by atoms with Gasteiger partial charge in [0.1, 0.15) is 5.75 Å². The molecule has 6 heteroatoms. The number of hydrogen-bond donors (Lipinski definition) is 0. The van der Waals surface area contributed by atoms with E-state index in [0.29, 0.717) is 11.5 Å². The molecule has 0 saturated heterocycles. The van der Waals surface area contributed by atoms with Crippen LogP contribution in [0.15, 0.2) is 53.4 Å². The number of benzene rings is 2. The van der Waals surface area contributed by atoms with Gasteiger partial charge in [-0.15, -0.1) is 0 Å². The van der Waals surface area contributed by atoms with Gasteiger partial charge in [0.15, 0.2) is 17.1 Å². The van der Waals surface area contributed by atoms with Crippen molar-refractivity contribution in [2.75, 3.05) is 6.61 Å². The third-order valence-electron chi connectivity index (χ3n) is 4.04. The molecule has 1 aliphatic rings. The number of cyclic esters (lactones) is 1. The molecule has 0 radical (unpaired) electrons. The van der Waals surface area contributed by atoms with Crippen LogP contribution < -0.4 is 4.74 Å². The second-order valence-electron chi connectivity index (χ2n) is 7.02. The van der Waals surface area contributed by atoms with Gasteiger partial charge in [-0.1, -0.05) is 30.3 Å². The van der Waals surface area contributed by atoms with E-state index in [1.54, 1.807) is 6.07 Å². The fraction of sp³-hybridized carbons (Fsp3) is 0.350. The van der Waals surface area contributed by atoms with Crippen molar-refractivity contribution in [3.8, 4) is 5.75 Å². The molecule has 2 aromatic rings. The van der Waals surface area contributed by atoms with Crippen molar-refractivity contribution < 1.29 is 18.5 Å². The zero-order valence-electron chi connectivity index (χ0n) is 15.4. The maximum absolute atomic E-state index is 13.1. The number of rotatable bonds is 3. The van der Waals surface area contributed by atoms with E-state index in [0.717, 1.165) is 16.9 Å². The number of carbonyl (C=O) groups is 1. The first kappa shape index (κ1) is 18.5. The van der Waals surface area contributed by atoms with Gasteiger partial charge in [0, 0.05) is 5.56 Å². The van der Waals surface area contributed by atoms with Crippen molar-refractivity contribution in [1.82, 2.24) is 4.31 Å². The molecule has 0 saturated carbocycles. The van der Waals surface area contributed by atoms with E-state index < -0.39 is 28.7 Å². The average molecular weight is 373 g/mol. The summed E-state index contributed by atoms with van der Waals surface area (Å²) in [4.78, 5) is 13.4. The summed E-state index contributed by atoms with van der Waals surface area (Å²) >= 11 is 0. The van der Waals surface area contributed by atoms with Crippen LogP contribution in [0.1, 0.15) is 44.9 Å². The van der Waals surface area contributed by atoms with Crippen LogP contribution in [0.4, 0.5) is 4.79 Å². The lowest BCUT2D eigenvalue weighted by molar-refractivity contribution is 0.0845. The molecule has 26 heavy (non-hydrogen) atoms. The van der Waals surface area contributed by atoms with E-state index in [9.17, 15) is 9.00 Å². The van der Waals surface area contributed by atoms with Gasteiger partial charge in [-0.3, -0.25) is 0 Å². The molecule has 0 spiro atoms. The monoisotopic (exact) mass is 373 g/mol. The Morgan fingerprint density at radius 2 is 1.77 bits per heavy atom. The minimum Gasteiger partial charge on any atom is -0.494 e. The van der Waals surface area contributed by atoms with E-state index in [1.807, 2.05) is 70.2 Å². The zero-order valence-corrected chi connectivity index (χ0v) is 16.2. The number of amides is 1. The molecule has 3 rings (SSSR count). The fourth-order valence-corrected chi connectivity index (χ4v) is 4.35. The van der Waals surface area contributed by atoms with Crippen molar-refractivity contribution in [2.24, 2.45) is 0 Å². The molecule has 1 heterocycles. The first-order valence-electron chi connectivity index (χ1n) is 8.57. The topological polar surface area (TPSA) is 55.8 Å². The summed E-state index contributed by atoms with van der Waals surface area (Å²) in [6.07, 6.45) is -1.21. The summed E-state index contributed by atoms with van der Waals surface area (Å²) in [5, 5.41) is 0. The highest BCUT2D eigenvalue weighted by Crippen LogP contribution is 2.37. The van der Waals surface area contributed by atoms with Crippen molar-refractivity contribution in [3.63, 3.8) is 0 Å². The van der Waals surface area contributed by atoms with Crippen molar-refractivity contribution in [2.45, 2.75) is 44.2 Å². The van der Waals surface area contributed by atoms with Gasteiger partial charge in [0.25, 0.3) is 0 Å². The number of hydrogen-bond acceptors (Lipinski definition) is 4. The molecule has 0 aliphatic carbocycles. The van der Waals surface area contributed by atoms with Gasteiger partial charge >= 0.3 is 6.09 Å². The van der Waals surface area contributed by atoms with Crippen LogP contribution in [0.3, 0.4) is 0 Å². The first-order valence-corrected chi connectivity index (χ1v) is 9.68. The molecule has 0 aromatic heterocycles. The van der Waals surface area contributed by atoms with E-state index in [-0.39, 0.29) is 0 Å². The first-order chi connectivity index (χ1) is 12.3. The molecule has 0 bridgehead atoms. The summed E-state index contributed by atoms with van der Waals surface area (Å²) in [7, 11) is -1.64. The quantitative estimate of drug-likeness (QED) is 0.798. The molecule has 2 aromatic carbocycles. The van der Waals surface area contributed by atoms with Gasteiger partial charge in [-0.2, -0.15) is 0 Å². The number of carbonyl (C=O) groups excluding carboxylic acids is 1. The Balaban J connectivity index is 2.08. The minimum absolute atomic E-state index is 0.583. The molecule has 0 N–H and O–H groups in total. The molecule has 2 unspecified atom stereocenters. The molecule has 0 fully saturated rings. The Hall–Kier alpha value is -2.34. The van der Waals surface area contributed by atoms with Crippen LogP contribution in [0.25, 0.3) is 0 Å². The number of fused-ring (bicyclic) bond motifs is 1. The van der Waals surface area contributed by atoms with Crippen LogP contribution in [-0.2, 0) is 15.7 Å². The summed E-state index contributed by atoms with van der Waals surface area (Å²) < 4.78 is 25.7. The fourth-order valence-electron chi connectivity index (χ4n) is 2.91. The van der Waals surface area contributed by atoms with Crippen molar-refractivity contribution in [1.29, 1.82) is 0 Å². The van der Waals surface area contributed by atoms with Crippen LogP contribution in [-0.4, -0.2) is 26.8 Å². The Morgan fingerprint density at radius 1 is 1.12 bits per heavy atom. The highest BCUT2D eigenvalue weighted by Gasteiger charge is 2.40. The minimum atomic E-state index is -1.64. The lowest BCUT2D eigenvalue weighted by Crippen LogP contribution is -2.46. The van der Waals surface area contributed by atoms with Crippen LogP contribution in [0, 0.1) is 0 Å². The highest BCUT2D eigenvalue weighted by atomic mass is 32.2. The van der Waals surface area contributed by atoms with Crippen molar-refractivity contribution >= 4 is 17.1 Å². The predicted molar refractivity (Wildman–Crippen MR) is 100 cm³/mol. The molecule has 2 atom stereocenters. The lowest BCUT2D eigenvalue weighted by Gasteiger charge is -2.31. The maximum atomic E-state index is 13.1. The third-order valence-corrected chi connectivity index (χ3v) is 5.82. The van der Waals surface area contributed by atoms with Gasteiger partial charge in [-0.05, 0) is 51.5 Å². The molecule has 1 aliphatic heterocycles. The highest BCUT2D eigenvalue weighted by molar-refractivity contribution is 7.83. The SMILES string of the molecule is CCOc1ccc(C2OC(=O)N(C(C)(C)C)S(=O)c3ccccc32)cc1. The number of ether oxygens (including phenoxy) is 2. The van der Waals surface area contributed by atoms with Crippen LogP contribution in [0.2, 0.25) is 0 Å². The Morgan fingerprint density at radius 3 is 2.38 bits per heavy atom. The lowest BCUT2D eigenvalue weighted by atomic mass is 10.0. The largest absolute Gasteiger partial charge is 0.494 e. The van der Waals surface area contributed by atoms with Gasteiger partial charge in [-0.25, -0.2) is 13.3 Å². The van der Waals surface area contributed by atoms with E-state index in [1.165, 1.54) is 4.31 Å². The smallest absolute Gasteiger partial charge is 0.423 e. The normalized spacial score (nSPS) is 20.2. The van der Waals surface area contributed by atoms with Crippen LogP contribution in [0.5, 0.6) is 5.75 Å². The van der Waals surface area contributed by atoms with E-state index in [2.05, 4.69) is 0 Å². The zero-order chi connectivity index (χ0) is 18.9. The second-order valence-corrected chi connectivity index (χ2v) is 8.32. The Kier molecular flexibility index (Phi) is 5.05. The summed E-state index contributed by atoms with van der Waals surface area (Å²) in [5.41, 5.74) is 0.903. The van der Waals surface area contributed by atoms with Gasteiger partial charge in [0.2, 0.25) is 0 Å². The molecule has 138 valence electrons. The Labute approximate surface area is 156 Å². The second kappa shape index (κ2) is 7.11. The van der Waals surface area contributed by atoms with Crippen molar-refractivity contribution in [3.05, 3.63) is 59.7 Å². The average Bonchev–Trinajstić information content (AvgIpc) is 2.70. The summed E-state index contributed by atoms with van der Waals surface area (Å²) in [5.74, 6) is 0.754. The summed E-state index contributed by atoms with van der Waals surface area (Å²) in [6.45, 7) is 8.03. The summed E-state index contributed by atoms with van der Waals surface area (Å²) in [6, 6.07) is 14.8. The maximum Gasteiger partial charge on any atom is 0.423 e. The van der Waals surface area contributed by atoms with Gasteiger partial charge < -0.3 is 9.47 Å². The van der Waals surface area contributed by atoms with E-state index in [4.69, 9.17) is 9.47 Å².